The first-order chi connectivity index (χ1) is 15.0. The summed E-state index contributed by atoms with van der Waals surface area (Å²) >= 11 is 0. The van der Waals surface area contributed by atoms with Gasteiger partial charge in [-0.1, -0.05) is 18.1 Å². The van der Waals surface area contributed by atoms with E-state index in [1.807, 2.05) is 32.0 Å². The van der Waals surface area contributed by atoms with Crippen LogP contribution in [-0.4, -0.2) is 29.8 Å². The highest BCUT2D eigenvalue weighted by Gasteiger charge is 2.15. The zero-order chi connectivity index (χ0) is 22.2. The number of halogens is 1. The number of aryl methyl sites for hydroxylation is 1. The smallest absolute Gasteiger partial charge is 0.227 e. The van der Waals surface area contributed by atoms with Crippen LogP contribution in [-0.2, 0) is 11.2 Å². The van der Waals surface area contributed by atoms with Crippen LogP contribution in [0.2, 0.25) is 0 Å². The number of benzene rings is 2. The maximum Gasteiger partial charge on any atom is 0.227 e. The zero-order valence-corrected chi connectivity index (χ0v) is 17.9. The summed E-state index contributed by atoms with van der Waals surface area (Å²) in [7, 11) is 1.59. The van der Waals surface area contributed by atoms with Gasteiger partial charge in [-0.25, -0.2) is 4.39 Å². The van der Waals surface area contributed by atoms with E-state index in [9.17, 15) is 9.18 Å². The highest BCUT2D eigenvalue weighted by Crippen LogP contribution is 2.30. The summed E-state index contributed by atoms with van der Waals surface area (Å²) in [5, 5.41) is 6.84. The minimum absolute atomic E-state index is 0.140. The van der Waals surface area contributed by atoms with E-state index < -0.39 is 0 Å². The summed E-state index contributed by atoms with van der Waals surface area (Å²) in [6.45, 7) is 4.55. The van der Waals surface area contributed by atoms with E-state index in [0.717, 1.165) is 12.0 Å². The molecule has 3 rings (SSSR count). The molecule has 0 spiro atoms. The van der Waals surface area contributed by atoms with Crippen LogP contribution < -0.4 is 14.8 Å². The van der Waals surface area contributed by atoms with E-state index in [2.05, 4.69) is 15.5 Å². The number of aromatic nitrogens is 2. The van der Waals surface area contributed by atoms with Crippen molar-refractivity contribution in [1.82, 2.24) is 15.5 Å². The lowest BCUT2D eigenvalue weighted by molar-refractivity contribution is -0.121. The lowest BCUT2D eigenvalue weighted by Gasteiger charge is -2.17. The van der Waals surface area contributed by atoms with Gasteiger partial charge in [0.1, 0.15) is 5.82 Å². The second-order valence-corrected chi connectivity index (χ2v) is 7.07. The SMILES string of the molecule is CCCOc1ccc(C(C)NC(=O)CCc2nc(-c3ccc(F)cc3)no2)cc1OC. The van der Waals surface area contributed by atoms with Crippen LogP contribution in [0, 0.1) is 5.82 Å². The third kappa shape index (κ3) is 6.04. The van der Waals surface area contributed by atoms with Gasteiger partial charge in [0.15, 0.2) is 11.5 Å². The molecule has 0 aliphatic rings. The summed E-state index contributed by atoms with van der Waals surface area (Å²) in [6, 6.07) is 11.2. The fourth-order valence-electron chi connectivity index (χ4n) is 2.97. The van der Waals surface area contributed by atoms with Crippen molar-refractivity contribution in [2.45, 2.75) is 39.2 Å². The van der Waals surface area contributed by atoms with Gasteiger partial charge >= 0.3 is 0 Å². The molecule has 7 nitrogen and oxygen atoms in total. The molecule has 1 atom stereocenters. The first-order valence-corrected chi connectivity index (χ1v) is 10.2. The number of carbonyl (C=O) groups excluding carboxylic acids is 1. The molecule has 0 radical (unpaired) electrons. The molecule has 2 aromatic carbocycles. The van der Waals surface area contributed by atoms with Crippen molar-refractivity contribution in [2.75, 3.05) is 13.7 Å². The molecule has 0 aliphatic carbocycles. The highest BCUT2D eigenvalue weighted by atomic mass is 19.1. The van der Waals surface area contributed by atoms with Crippen LogP contribution in [0.15, 0.2) is 47.0 Å². The van der Waals surface area contributed by atoms with Crippen LogP contribution in [0.4, 0.5) is 4.39 Å². The average molecular weight is 427 g/mol. The van der Waals surface area contributed by atoms with E-state index in [0.29, 0.717) is 41.8 Å². The van der Waals surface area contributed by atoms with Gasteiger partial charge in [-0.2, -0.15) is 4.98 Å². The molecule has 0 saturated heterocycles. The Labute approximate surface area is 180 Å². The lowest BCUT2D eigenvalue weighted by Crippen LogP contribution is -2.26. The molecule has 0 aliphatic heterocycles. The predicted molar refractivity (Wildman–Crippen MR) is 113 cm³/mol. The number of nitrogens with one attached hydrogen (secondary N) is 1. The molecule has 1 heterocycles. The van der Waals surface area contributed by atoms with E-state index in [-0.39, 0.29) is 24.2 Å². The van der Waals surface area contributed by atoms with Crippen molar-refractivity contribution >= 4 is 5.91 Å². The summed E-state index contributed by atoms with van der Waals surface area (Å²) in [6.07, 6.45) is 1.41. The molecule has 31 heavy (non-hydrogen) atoms. The Morgan fingerprint density at radius 2 is 1.97 bits per heavy atom. The standard InChI is InChI=1S/C23H26FN3O4/c1-4-13-30-19-10-7-17(14-20(19)29-3)15(2)25-21(28)11-12-22-26-23(27-31-22)16-5-8-18(24)9-6-16/h5-10,14-15H,4,11-13H2,1-3H3,(H,25,28). The van der Waals surface area contributed by atoms with Gasteiger partial charge in [0.2, 0.25) is 17.6 Å². The third-order valence-corrected chi connectivity index (χ3v) is 4.66. The Hall–Kier alpha value is -3.42. The van der Waals surface area contributed by atoms with Crippen LogP contribution in [0.1, 0.15) is 44.2 Å². The maximum atomic E-state index is 13.0. The lowest BCUT2D eigenvalue weighted by atomic mass is 10.1. The molecule has 1 unspecified atom stereocenters. The first kappa shape index (κ1) is 22.3. The fraction of sp³-hybridized carbons (Fsp3) is 0.348. The quantitative estimate of drug-likeness (QED) is 0.513. The molecule has 1 N–H and O–H groups in total. The van der Waals surface area contributed by atoms with E-state index in [4.69, 9.17) is 14.0 Å². The Balaban J connectivity index is 1.54. The Morgan fingerprint density at radius 3 is 2.68 bits per heavy atom. The van der Waals surface area contributed by atoms with Crippen molar-refractivity contribution in [3.63, 3.8) is 0 Å². The van der Waals surface area contributed by atoms with Crippen molar-refractivity contribution in [1.29, 1.82) is 0 Å². The second kappa shape index (κ2) is 10.6. The van der Waals surface area contributed by atoms with E-state index in [1.54, 1.807) is 19.2 Å². The molecule has 8 heteroatoms. The zero-order valence-electron chi connectivity index (χ0n) is 17.9. The normalized spacial score (nSPS) is 11.7. The van der Waals surface area contributed by atoms with Crippen molar-refractivity contribution in [3.05, 3.63) is 59.7 Å². The average Bonchev–Trinajstić information content (AvgIpc) is 3.25. The van der Waals surface area contributed by atoms with Crippen LogP contribution >= 0.6 is 0 Å². The third-order valence-electron chi connectivity index (χ3n) is 4.66. The number of methoxy groups -OCH3 is 1. The summed E-state index contributed by atoms with van der Waals surface area (Å²) < 4.78 is 29.3. The number of hydrogen-bond donors (Lipinski definition) is 1. The van der Waals surface area contributed by atoms with Crippen LogP contribution in [0.5, 0.6) is 11.5 Å². The van der Waals surface area contributed by atoms with Gasteiger partial charge < -0.3 is 19.3 Å². The van der Waals surface area contributed by atoms with E-state index >= 15 is 0 Å². The summed E-state index contributed by atoms with van der Waals surface area (Å²) in [4.78, 5) is 16.6. The van der Waals surface area contributed by atoms with Gasteiger partial charge in [0.05, 0.1) is 19.8 Å². The number of amides is 1. The summed E-state index contributed by atoms with van der Waals surface area (Å²) in [5.74, 6) is 1.55. The highest BCUT2D eigenvalue weighted by molar-refractivity contribution is 5.76. The molecular weight excluding hydrogens is 401 g/mol. The number of carbonyl (C=O) groups is 1. The monoisotopic (exact) mass is 427 g/mol. The van der Waals surface area contributed by atoms with E-state index in [1.165, 1.54) is 12.1 Å². The molecule has 3 aromatic rings. The summed E-state index contributed by atoms with van der Waals surface area (Å²) in [5.41, 5.74) is 1.56. The Morgan fingerprint density at radius 1 is 1.19 bits per heavy atom. The van der Waals surface area contributed by atoms with Gasteiger partial charge in [0.25, 0.3) is 0 Å². The van der Waals surface area contributed by atoms with Crippen LogP contribution in [0.25, 0.3) is 11.4 Å². The van der Waals surface area contributed by atoms with Gasteiger partial charge in [-0.15, -0.1) is 0 Å². The topological polar surface area (TPSA) is 86.5 Å². The molecule has 1 aromatic heterocycles. The molecule has 0 fully saturated rings. The molecule has 164 valence electrons. The molecule has 1 amide bonds. The number of ether oxygens (including phenoxy) is 2. The number of hydrogen-bond acceptors (Lipinski definition) is 6. The largest absolute Gasteiger partial charge is 0.493 e. The number of rotatable bonds is 10. The molecular formula is C23H26FN3O4. The predicted octanol–water partition coefficient (Wildman–Crippen LogP) is 4.48. The van der Waals surface area contributed by atoms with Crippen molar-refractivity contribution in [2.24, 2.45) is 0 Å². The Bertz CT molecular complexity index is 1000. The molecule has 0 saturated carbocycles. The molecule has 0 bridgehead atoms. The minimum Gasteiger partial charge on any atom is -0.493 e. The van der Waals surface area contributed by atoms with Gasteiger partial charge in [-0.05, 0) is 55.3 Å². The maximum absolute atomic E-state index is 13.0. The first-order valence-electron chi connectivity index (χ1n) is 10.2. The van der Waals surface area contributed by atoms with Crippen molar-refractivity contribution in [3.8, 4) is 22.9 Å². The van der Waals surface area contributed by atoms with Crippen molar-refractivity contribution < 1.29 is 23.2 Å². The fourth-order valence-corrected chi connectivity index (χ4v) is 2.97. The van der Waals surface area contributed by atoms with Crippen LogP contribution in [0.3, 0.4) is 0 Å². The van der Waals surface area contributed by atoms with Gasteiger partial charge in [0, 0.05) is 18.4 Å². The Kier molecular flexibility index (Phi) is 7.59. The minimum atomic E-state index is -0.334. The number of nitrogens with zero attached hydrogens (tertiary/aromatic N) is 2. The second-order valence-electron chi connectivity index (χ2n) is 7.07. The van der Waals surface area contributed by atoms with Gasteiger partial charge in [-0.3, -0.25) is 4.79 Å².